The van der Waals surface area contributed by atoms with Crippen LogP contribution in [0.15, 0.2) is 0 Å². The SMILES string of the molecule is CCCC1CCCC(CCCCCCCCCCN)C1. The quantitative estimate of drug-likeness (QED) is 0.432. The third-order valence-corrected chi connectivity index (χ3v) is 5.15. The molecule has 20 heavy (non-hydrogen) atoms. The molecule has 1 nitrogen and oxygen atoms in total. The van der Waals surface area contributed by atoms with Gasteiger partial charge >= 0.3 is 0 Å². The predicted octanol–water partition coefficient (Wildman–Crippen LogP) is 6.06. The normalized spacial score (nSPS) is 23.1. The van der Waals surface area contributed by atoms with E-state index in [1.54, 1.807) is 6.42 Å². The highest BCUT2D eigenvalue weighted by molar-refractivity contribution is 4.73. The van der Waals surface area contributed by atoms with Gasteiger partial charge in [0.15, 0.2) is 0 Å². The molecule has 1 saturated carbocycles. The summed E-state index contributed by atoms with van der Waals surface area (Å²) in [6, 6.07) is 0. The molecular weight excluding hydrogens is 242 g/mol. The van der Waals surface area contributed by atoms with Crippen molar-refractivity contribution in [2.75, 3.05) is 6.54 Å². The maximum Gasteiger partial charge on any atom is -0.00773 e. The average Bonchev–Trinajstić information content (AvgIpc) is 2.46. The second-order valence-electron chi connectivity index (χ2n) is 7.09. The summed E-state index contributed by atoms with van der Waals surface area (Å²) in [5.74, 6) is 2.14. The summed E-state index contributed by atoms with van der Waals surface area (Å²) in [6.07, 6.45) is 21.8. The summed E-state index contributed by atoms with van der Waals surface area (Å²) in [5.41, 5.74) is 5.51. The van der Waals surface area contributed by atoms with Crippen LogP contribution in [-0.4, -0.2) is 6.54 Å². The molecular formula is C19H39N. The van der Waals surface area contributed by atoms with Crippen LogP contribution < -0.4 is 5.73 Å². The molecule has 0 aromatic rings. The Kier molecular flexibility index (Phi) is 11.4. The second kappa shape index (κ2) is 12.7. The first-order valence-corrected chi connectivity index (χ1v) is 9.56. The average molecular weight is 282 g/mol. The summed E-state index contributed by atoms with van der Waals surface area (Å²) in [6.45, 7) is 3.22. The molecule has 1 rings (SSSR count). The van der Waals surface area contributed by atoms with Crippen molar-refractivity contribution in [3.05, 3.63) is 0 Å². The van der Waals surface area contributed by atoms with Crippen LogP contribution in [0, 0.1) is 11.8 Å². The van der Waals surface area contributed by atoms with Gasteiger partial charge < -0.3 is 5.73 Å². The molecule has 0 saturated heterocycles. The highest BCUT2D eigenvalue weighted by Gasteiger charge is 2.20. The Morgan fingerprint density at radius 3 is 1.90 bits per heavy atom. The van der Waals surface area contributed by atoms with Crippen molar-refractivity contribution in [3.63, 3.8) is 0 Å². The van der Waals surface area contributed by atoms with Crippen molar-refractivity contribution in [1.82, 2.24) is 0 Å². The predicted molar refractivity (Wildman–Crippen MR) is 91.0 cm³/mol. The van der Waals surface area contributed by atoms with Gasteiger partial charge in [-0.1, -0.05) is 90.4 Å². The fourth-order valence-corrected chi connectivity index (χ4v) is 3.97. The molecule has 120 valence electrons. The van der Waals surface area contributed by atoms with E-state index >= 15 is 0 Å². The van der Waals surface area contributed by atoms with E-state index in [0.717, 1.165) is 18.4 Å². The van der Waals surface area contributed by atoms with E-state index in [0.29, 0.717) is 0 Å². The number of hydrogen-bond acceptors (Lipinski definition) is 1. The first-order chi connectivity index (χ1) is 9.86. The van der Waals surface area contributed by atoms with Crippen LogP contribution in [0.25, 0.3) is 0 Å². The minimum atomic E-state index is 0.875. The Morgan fingerprint density at radius 1 is 0.750 bits per heavy atom. The Morgan fingerprint density at radius 2 is 1.30 bits per heavy atom. The fourth-order valence-electron chi connectivity index (χ4n) is 3.97. The topological polar surface area (TPSA) is 26.0 Å². The number of rotatable bonds is 12. The van der Waals surface area contributed by atoms with Crippen LogP contribution >= 0.6 is 0 Å². The van der Waals surface area contributed by atoms with Crippen LogP contribution in [0.3, 0.4) is 0 Å². The van der Waals surface area contributed by atoms with E-state index in [-0.39, 0.29) is 0 Å². The van der Waals surface area contributed by atoms with Gasteiger partial charge in [0.2, 0.25) is 0 Å². The van der Waals surface area contributed by atoms with Crippen LogP contribution in [0.5, 0.6) is 0 Å². The summed E-state index contributed by atoms with van der Waals surface area (Å²) in [5, 5.41) is 0. The first kappa shape index (κ1) is 18.0. The summed E-state index contributed by atoms with van der Waals surface area (Å²) >= 11 is 0. The van der Waals surface area contributed by atoms with Gasteiger partial charge in [0.25, 0.3) is 0 Å². The Hall–Kier alpha value is -0.0400. The summed E-state index contributed by atoms with van der Waals surface area (Å²) < 4.78 is 0. The van der Waals surface area contributed by atoms with E-state index in [1.807, 2.05) is 0 Å². The van der Waals surface area contributed by atoms with E-state index in [1.165, 1.54) is 89.9 Å². The lowest BCUT2D eigenvalue weighted by molar-refractivity contribution is 0.238. The third kappa shape index (κ3) is 9.00. The van der Waals surface area contributed by atoms with Gasteiger partial charge in [-0.2, -0.15) is 0 Å². The maximum atomic E-state index is 5.51. The van der Waals surface area contributed by atoms with E-state index in [4.69, 9.17) is 5.73 Å². The molecule has 1 aliphatic carbocycles. The lowest BCUT2D eigenvalue weighted by Gasteiger charge is -2.29. The summed E-state index contributed by atoms with van der Waals surface area (Å²) in [7, 11) is 0. The van der Waals surface area contributed by atoms with E-state index in [2.05, 4.69) is 6.92 Å². The standard InChI is InChI=1S/C19H39N/c1-2-12-18-14-11-15-19(17-18)13-9-7-5-3-4-6-8-10-16-20/h18-19H,2-17,20H2,1H3. The molecule has 0 amide bonds. The molecule has 0 aromatic carbocycles. The molecule has 0 heterocycles. The van der Waals surface area contributed by atoms with Crippen LogP contribution in [0.4, 0.5) is 0 Å². The highest BCUT2D eigenvalue weighted by Crippen LogP contribution is 2.34. The van der Waals surface area contributed by atoms with Crippen molar-refractivity contribution in [1.29, 1.82) is 0 Å². The van der Waals surface area contributed by atoms with Gasteiger partial charge in [-0.3, -0.25) is 0 Å². The Balaban J connectivity index is 1.88. The molecule has 0 spiro atoms. The Bertz CT molecular complexity index is 200. The van der Waals surface area contributed by atoms with Crippen LogP contribution in [0.1, 0.15) is 103 Å². The molecule has 2 unspecified atom stereocenters. The van der Waals surface area contributed by atoms with Gasteiger partial charge in [-0.05, 0) is 31.2 Å². The summed E-state index contributed by atoms with van der Waals surface area (Å²) in [4.78, 5) is 0. The molecule has 0 radical (unpaired) electrons. The number of nitrogens with two attached hydrogens (primary N) is 1. The van der Waals surface area contributed by atoms with Crippen LogP contribution in [-0.2, 0) is 0 Å². The number of unbranched alkanes of at least 4 members (excludes halogenated alkanes) is 7. The molecule has 1 aliphatic rings. The highest BCUT2D eigenvalue weighted by atomic mass is 14.5. The van der Waals surface area contributed by atoms with E-state index in [9.17, 15) is 0 Å². The number of hydrogen-bond donors (Lipinski definition) is 1. The molecule has 2 atom stereocenters. The molecule has 0 bridgehead atoms. The maximum absolute atomic E-state index is 5.51. The van der Waals surface area contributed by atoms with Gasteiger partial charge in [-0.15, -0.1) is 0 Å². The molecule has 0 aliphatic heterocycles. The van der Waals surface area contributed by atoms with E-state index < -0.39 is 0 Å². The third-order valence-electron chi connectivity index (χ3n) is 5.15. The molecule has 1 heteroatoms. The van der Waals surface area contributed by atoms with Gasteiger partial charge in [0.05, 0.1) is 0 Å². The fraction of sp³-hybridized carbons (Fsp3) is 1.00. The van der Waals surface area contributed by atoms with Gasteiger partial charge in [0.1, 0.15) is 0 Å². The second-order valence-corrected chi connectivity index (χ2v) is 7.09. The lowest BCUT2D eigenvalue weighted by atomic mass is 9.77. The molecule has 2 N–H and O–H groups in total. The van der Waals surface area contributed by atoms with Gasteiger partial charge in [-0.25, -0.2) is 0 Å². The van der Waals surface area contributed by atoms with Crippen LogP contribution in [0.2, 0.25) is 0 Å². The zero-order valence-corrected chi connectivity index (χ0v) is 14.0. The lowest BCUT2D eigenvalue weighted by Crippen LogP contribution is -2.15. The Labute approximate surface area is 128 Å². The van der Waals surface area contributed by atoms with Crippen molar-refractivity contribution >= 4 is 0 Å². The van der Waals surface area contributed by atoms with Crippen molar-refractivity contribution < 1.29 is 0 Å². The monoisotopic (exact) mass is 281 g/mol. The zero-order chi connectivity index (χ0) is 14.5. The molecule has 1 fully saturated rings. The van der Waals surface area contributed by atoms with Gasteiger partial charge in [0, 0.05) is 0 Å². The van der Waals surface area contributed by atoms with Crippen molar-refractivity contribution in [2.45, 2.75) is 103 Å². The zero-order valence-electron chi connectivity index (χ0n) is 14.0. The first-order valence-electron chi connectivity index (χ1n) is 9.56. The van der Waals surface area contributed by atoms with Crippen molar-refractivity contribution in [3.8, 4) is 0 Å². The van der Waals surface area contributed by atoms with Crippen molar-refractivity contribution in [2.24, 2.45) is 17.6 Å². The largest absolute Gasteiger partial charge is 0.330 e. The molecule has 0 aromatic heterocycles. The minimum absolute atomic E-state index is 0.875. The minimum Gasteiger partial charge on any atom is -0.330 e. The smallest absolute Gasteiger partial charge is 0.00773 e.